The summed E-state index contributed by atoms with van der Waals surface area (Å²) < 4.78 is 16.7. The number of hydrogen-bond donors (Lipinski definition) is 0. The van der Waals surface area contributed by atoms with Crippen molar-refractivity contribution in [2.75, 3.05) is 26.4 Å². The first kappa shape index (κ1) is 13.9. The van der Waals surface area contributed by atoms with Gasteiger partial charge in [0.2, 0.25) is 0 Å². The largest absolute Gasteiger partial charge is 0.382 e. The molecule has 0 aromatic carbocycles. The highest BCUT2D eigenvalue weighted by Gasteiger charge is 2.28. The van der Waals surface area contributed by atoms with Gasteiger partial charge in [-0.2, -0.15) is 0 Å². The average molecular weight is 204 g/mol. The molecule has 0 saturated heterocycles. The van der Waals surface area contributed by atoms with Crippen LogP contribution in [0.25, 0.3) is 0 Å². The molecule has 0 spiro atoms. The molecule has 0 radical (unpaired) electrons. The lowest BCUT2D eigenvalue weighted by molar-refractivity contribution is -0.242. The first-order chi connectivity index (χ1) is 6.74. The highest BCUT2D eigenvalue weighted by Crippen LogP contribution is 2.22. The van der Waals surface area contributed by atoms with Crippen LogP contribution < -0.4 is 0 Å². The van der Waals surface area contributed by atoms with Gasteiger partial charge in [0.15, 0.2) is 5.79 Å². The second kappa shape index (κ2) is 8.21. The Bertz CT molecular complexity index is 120. The first-order valence-electron chi connectivity index (χ1n) is 5.60. The molecule has 0 heterocycles. The van der Waals surface area contributed by atoms with Crippen molar-refractivity contribution in [3.63, 3.8) is 0 Å². The van der Waals surface area contributed by atoms with Gasteiger partial charge in [0.1, 0.15) is 0 Å². The topological polar surface area (TPSA) is 27.7 Å². The predicted molar refractivity (Wildman–Crippen MR) is 57.4 cm³/mol. The summed E-state index contributed by atoms with van der Waals surface area (Å²) in [6.07, 6.45) is 1.67. The molecule has 0 aliphatic rings. The van der Waals surface area contributed by atoms with E-state index in [0.717, 1.165) is 19.4 Å². The minimum Gasteiger partial charge on any atom is -0.382 e. The molecule has 86 valence electrons. The monoisotopic (exact) mass is 204 g/mol. The molecule has 0 fully saturated rings. The molecule has 0 aliphatic heterocycles. The fourth-order valence-electron chi connectivity index (χ4n) is 1.47. The molecule has 0 atom stereocenters. The Morgan fingerprint density at radius 1 is 0.857 bits per heavy atom. The first-order valence-corrected chi connectivity index (χ1v) is 5.60. The lowest BCUT2D eigenvalue weighted by atomic mass is 10.1. The van der Waals surface area contributed by atoms with Gasteiger partial charge in [-0.25, -0.2) is 0 Å². The van der Waals surface area contributed by atoms with Crippen LogP contribution in [0.1, 0.15) is 40.5 Å². The van der Waals surface area contributed by atoms with E-state index in [9.17, 15) is 0 Å². The van der Waals surface area contributed by atoms with Gasteiger partial charge in [0.25, 0.3) is 0 Å². The number of ether oxygens (including phenoxy) is 3. The third-order valence-electron chi connectivity index (χ3n) is 2.18. The fourth-order valence-corrected chi connectivity index (χ4v) is 1.47. The summed E-state index contributed by atoms with van der Waals surface area (Å²) in [6.45, 7) is 10.9. The van der Waals surface area contributed by atoms with E-state index in [-0.39, 0.29) is 0 Å². The van der Waals surface area contributed by atoms with E-state index in [4.69, 9.17) is 14.2 Å². The molecule has 0 aromatic rings. The molecule has 0 aliphatic carbocycles. The van der Waals surface area contributed by atoms with E-state index in [2.05, 4.69) is 6.92 Å². The van der Waals surface area contributed by atoms with Crippen molar-refractivity contribution in [3.05, 3.63) is 0 Å². The van der Waals surface area contributed by atoms with Crippen LogP contribution in [0.3, 0.4) is 0 Å². The van der Waals surface area contributed by atoms with Crippen LogP contribution in [0, 0.1) is 0 Å². The van der Waals surface area contributed by atoms with Crippen molar-refractivity contribution in [3.8, 4) is 0 Å². The summed E-state index contributed by atoms with van der Waals surface area (Å²) in [5, 5.41) is 0. The molecule has 0 aromatic heterocycles. The van der Waals surface area contributed by atoms with Crippen LogP contribution in [0.5, 0.6) is 0 Å². The highest BCUT2D eigenvalue weighted by atomic mass is 16.7. The molecule has 0 unspecified atom stereocenters. The number of hydrogen-bond acceptors (Lipinski definition) is 3. The molecule has 0 N–H and O–H groups in total. The van der Waals surface area contributed by atoms with Crippen molar-refractivity contribution in [2.24, 2.45) is 0 Å². The van der Waals surface area contributed by atoms with Crippen LogP contribution in [0.15, 0.2) is 0 Å². The molecule has 3 nitrogen and oxygen atoms in total. The Labute approximate surface area is 87.7 Å². The van der Waals surface area contributed by atoms with Gasteiger partial charge < -0.3 is 14.2 Å². The Morgan fingerprint density at radius 3 is 1.79 bits per heavy atom. The van der Waals surface area contributed by atoms with Gasteiger partial charge in [-0.3, -0.25) is 0 Å². The van der Waals surface area contributed by atoms with Crippen LogP contribution in [-0.4, -0.2) is 32.2 Å². The van der Waals surface area contributed by atoms with Crippen molar-refractivity contribution in [1.82, 2.24) is 0 Å². The van der Waals surface area contributed by atoms with Crippen LogP contribution in [0.4, 0.5) is 0 Å². The summed E-state index contributed by atoms with van der Waals surface area (Å²) >= 11 is 0. The van der Waals surface area contributed by atoms with Crippen molar-refractivity contribution in [2.45, 2.75) is 46.3 Å². The quantitative estimate of drug-likeness (QED) is 0.427. The summed E-state index contributed by atoms with van der Waals surface area (Å²) in [4.78, 5) is 0. The summed E-state index contributed by atoms with van der Waals surface area (Å²) in [5.41, 5.74) is 0. The standard InChI is InChI=1S/C11H24O3/c1-5-11(13-7-3,14-8-4)9-10-12-6-2/h5-10H2,1-4H3. The van der Waals surface area contributed by atoms with Gasteiger partial charge in [0, 0.05) is 26.2 Å². The fraction of sp³-hybridized carbons (Fsp3) is 1.00. The van der Waals surface area contributed by atoms with E-state index in [1.807, 2.05) is 20.8 Å². The molecule has 0 amide bonds. The molecular weight excluding hydrogens is 180 g/mol. The van der Waals surface area contributed by atoms with Crippen molar-refractivity contribution < 1.29 is 14.2 Å². The maximum absolute atomic E-state index is 5.66. The minimum atomic E-state index is -0.432. The second-order valence-electron chi connectivity index (χ2n) is 3.08. The zero-order valence-corrected chi connectivity index (χ0v) is 9.97. The zero-order chi connectivity index (χ0) is 10.9. The predicted octanol–water partition coefficient (Wildman–Crippen LogP) is 2.59. The summed E-state index contributed by atoms with van der Waals surface area (Å²) in [5.74, 6) is -0.432. The van der Waals surface area contributed by atoms with E-state index < -0.39 is 5.79 Å². The van der Waals surface area contributed by atoms with Gasteiger partial charge in [-0.15, -0.1) is 0 Å². The van der Waals surface area contributed by atoms with Gasteiger partial charge in [-0.05, 0) is 27.2 Å². The Kier molecular flexibility index (Phi) is 8.14. The summed E-state index contributed by atoms with van der Waals surface area (Å²) in [7, 11) is 0. The highest BCUT2D eigenvalue weighted by molar-refractivity contribution is 4.67. The normalized spacial score (nSPS) is 12.0. The second-order valence-corrected chi connectivity index (χ2v) is 3.08. The van der Waals surface area contributed by atoms with E-state index in [1.54, 1.807) is 0 Å². The molecule has 0 bridgehead atoms. The lowest BCUT2D eigenvalue weighted by Crippen LogP contribution is -2.36. The van der Waals surface area contributed by atoms with E-state index in [1.165, 1.54) is 0 Å². The maximum Gasteiger partial charge on any atom is 0.170 e. The molecule has 3 heteroatoms. The average Bonchev–Trinajstić information content (AvgIpc) is 2.19. The number of rotatable bonds is 9. The van der Waals surface area contributed by atoms with Gasteiger partial charge >= 0.3 is 0 Å². The minimum absolute atomic E-state index is 0.432. The molecule has 14 heavy (non-hydrogen) atoms. The third kappa shape index (κ3) is 4.94. The van der Waals surface area contributed by atoms with Gasteiger partial charge in [-0.1, -0.05) is 6.92 Å². The SMILES string of the molecule is CCOCCC(CC)(OCC)OCC. The van der Waals surface area contributed by atoms with Crippen LogP contribution >= 0.6 is 0 Å². The van der Waals surface area contributed by atoms with Crippen LogP contribution in [0.2, 0.25) is 0 Å². The Hall–Kier alpha value is -0.120. The maximum atomic E-state index is 5.66. The molecular formula is C11H24O3. The molecule has 0 rings (SSSR count). The van der Waals surface area contributed by atoms with Crippen molar-refractivity contribution in [1.29, 1.82) is 0 Å². The Balaban J connectivity index is 4.03. The van der Waals surface area contributed by atoms with Crippen molar-refractivity contribution >= 4 is 0 Å². The van der Waals surface area contributed by atoms with Gasteiger partial charge in [0.05, 0.1) is 6.61 Å². The Morgan fingerprint density at radius 2 is 1.43 bits per heavy atom. The zero-order valence-electron chi connectivity index (χ0n) is 9.97. The molecule has 0 saturated carbocycles. The third-order valence-corrected chi connectivity index (χ3v) is 2.18. The van der Waals surface area contributed by atoms with E-state index in [0.29, 0.717) is 19.8 Å². The smallest absolute Gasteiger partial charge is 0.170 e. The van der Waals surface area contributed by atoms with E-state index >= 15 is 0 Å². The lowest BCUT2D eigenvalue weighted by Gasteiger charge is -2.32. The summed E-state index contributed by atoms with van der Waals surface area (Å²) in [6, 6.07) is 0. The van der Waals surface area contributed by atoms with Crippen LogP contribution in [-0.2, 0) is 14.2 Å².